The van der Waals surface area contributed by atoms with Gasteiger partial charge in [-0.15, -0.1) is 0 Å². The summed E-state index contributed by atoms with van der Waals surface area (Å²) in [6, 6.07) is 4.66. The first-order valence-corrected chi connectivity index (χ1v) is 7.16. The van der Waals surface area contributed by atoms with Gasteiger partial charge in [0.2, 0.25) is 5.92 Å². The first-order valence-electron chi connectivity index (χ1n) is 6.37. The zero-order valence-corrected chi connectivity index (χ0v) is 12.0. The molecular formula is C14H16BrF3O. The number of aliphatic hydroxyl groups excluding tert-OH is 1. The summed E-state index contributed by atoms with van der Waals surface area (Å²) in [6.45, 7) is 0. The Morgan fingerprint density at radius 3 is 2.53 bits per heavy atom. The molecule has 0 aliphatic heterocycles. The zero-order valence-electron chi connectivity index (χ0n) is 10.4. The van der Waals surface area contributed by atoms with Gasteiger partial charge >= 0.3 is 0 Å². The highest BCUT2D eigenvalue weighted by molar-refractivity contribution is 9.10. The summed E-state index contributed by atoms with van der Waals surface area (Å²) in [5, 5.41) is 10.1. The van der Waals surface area contributed by atoms with Crippen LogP contribution in [0.4, 0.5) is 13.2 Å². The first kappa shape index (κ1) is 14.9. The van der Waals surface area contributed by atoms with Gasteiger partial charge in [-0.1, -0.05) is 22.0 Å². The molecule has 0 bridgehead atoms. The van der Waals surface area contributed by atoms with Crippen molar-refractivity contribution in [2.45, 2.75) is 44.1 Å². The van der Waals surface area contributed by atoms with Gasteiger partial charge in [0, 0.05) is 23.7 Å². The van der Waals surface area contributed by atoms with Crippen LogP contribution in [0, 0.1) is 11.7 Å². The third-order valence-corrected chi connectivity index (χ3v) is 4.24. The van der Waals surface area contributed by atoms with E-state index in [2.05, 4.69) is 15.9 Å². The topological polar surface area (TPSA) is 20.2 Å². The van der Waals surface area contributed by atoms with Crippen LogP contribution in [-0.4, -0.2) is 17.1 Å². The molecule has 1 aromatic rings. The van der Waals surface area contributed by atoms with Gasteiger partial charge in [0.25, 0.3) is 0 Å². The summed E-state index contributed by atoms with van der Waals surface area (Å²) in [7, 11) is 0. The van der Waals surface area contributed by atoms with Gasteiger partial charge in [-0.3, -0.25) is 0 Å². The van der Waals surface area contributed by atoms with E-state index in [1.165, 1.54) is 6.07 Å². The van der Waals surface area contributed by atoms with Crippen LogP contribution in [0.25, 0.3) is 0 Å². The zero-order chi connectivity index (χ0) is 14.0. The monoisotopic (exact) mass is 336 g/mol. The second-order valence-corrected chi connectivity index (χ2v) is 6.12. The third kappa shape index (κ3) is 3.96. The SMILES string of the molecule is OC(Cc1ccc(Br)cc1F)C1CCC(F)(F)CC1. The van der Waals surface area contributed by atoms with Crippen molar-refractivity contribution in [3.05, 3.63) is 34.1 Å². The van der Waals surface area contributed by atoms with Crippen LogP contribution >= 0.6 is 15.9 Å². The van der Waals surface area contributed by atoms with Crippen molar-refractivity contribution < 1.29 is 18.3 Å². The molecule has 106 valence electrons. The molecule has 1 N–H and O–H groups in total. The molecule has 0 radical (unpaired) electrons. The largest absolute Gasteiger partial charge is 0.392 e. The molecule has 1 aromatic carbocycles. The van der Waals surface area contributed by atoms with Crippen LogP contribution < -0.4 is 0 Å². The van der Waals surface area contributed by atoms with Gasteiger partial charge in [0.1, 0.15) is 5.82 Å². The summed E-state index contributed by atoms with van der Waals surface area (Å²) in [5.41, 5.74) is 0.424. The molecule has 1 unspecified atom stereocenters. The molecule has 19 heavy (non-hydrogen) atoms. The minimum atomic E-state index is -2.60. The average Bonchev–Trinajstić information content (AvgIpc) is 2.32. The van der Waals surface area contributed by atoms with E-state index in [1.54, 1.807) is 12.1 Å². The summed E-state index contributed by atoms with van der Waals surface area (Å²) >= 11 is 3.17. The number of aliphatic hydroxyl groups is 1. The Labute approximate surface area is 119 Å². The summed E-state index contributed by atoms with van der Waals surface area (Å²) in [4.78, 5) is 0. The fourth-order valence-corrected chi connectivity index (χ4v) is 2.86. The lowest BCUT2D eigenvalue weighted by Crippen LogP contribution is -2.32. The van der Waals surface area contributed by atoms with Gasteiger partial charge in [-0.05, 0) is 36.5 Å². The van der Waals surface area contributed by atoms with E-state index < -0.39 is 12.0 Å². The Morgan fingerprint density at radius 2 is 1.95 bits per heavy atom. The van der Waals surface area contributed by atoms with Crippen molar-refractivity contribution >= 4 is 15.9 Å². The lowest BCUT2D eigenvalue weighted by Gasteiger charge is -2.31. The summed E-state index contributed by atoms with van der Waals surface area (Å²) in [6.07, 6.45) is -0.352. The molecule has 0 aromatic heterocycles. The standard InChI is InChI=1S/C14H16BrF3O/c15-11-2-1-10(12(16)8-11)7-13(19)9-3-5-14(17,18)6-4-9/h1-2,8-9,13,19H,3-7H2. The lowest BCUT2D eigenvalue weighted by molar-refractivity contribution is -0.0620. The molecule has 1 aliphatic carbocycles. The Balaban J connectivity index is 1.96. The van der Waals surface area contributed by atoms with Gasteiger partial charge in [-0.2, -0.15) is 0 Å². The molecule has 1 nitrogen and oxygen atoms in total. The Bertz CT molecular complexity index is 440. The molecule has 0 amide bonds. The van der Waals surface area contributed by atoms with E-state index in [-0.39, 0.29) is 31.0 Å². The van der Waals surface area contributed by atoms with Crippen molar-refractivity contribution in [3.63, 3.8) is 0 Å². The second-order valence-electron chi connectivity index (χ2n) is 5.20. The molecule has 1 atom stereocenters. The number of benzene rings is 1. The van der Waals surface area contributed by atoms with Crippen molar-refractivity contribution in [2.24, 2.45) is 5.92 Å². The van der Waals surface area contributed by atoms with E-state index >= 15 is 0 Å². The average molecular weight is 337 g/mol. The number of hydrogen-bond donors (Lipinski definition) is 1. The molecule has 1 aliphatic rings. The number of alkyl halides is 2. The summed E-state index contributed by atoms with van der Waals surface area (Å²) in [5.74, 6) is -3.14. The van der Waals surface area contributed by atoms with Gasteiger partial charge in [-0.25, -0.2) is 13.2 Å². The predicted octanol–water partition coefficient (Wildman–Crippen LogP) is 4.32. The fourth-order valence-electron chi connectivity index (χ4n) is 2.53. The maximum Gasteiger partial charge on any atom is 0.248 e. The van der Waals surface area contributed by atoms with E-state index in [4.69, 9.17) is 0 Å². The third-order valence-electron chi connectivity index (χ3n) is 3.75. The highest BCUT2D eigenvalue weighted by atomic mass is 79.9. The highest BCUT2D eigenvalue weighted by Gasteiger charge is 2.37. The van der Waals surface area contributed by atoms with Crippen LogP contribution in [0.15, 0.2) is 22.7 Å². The van der Waals surface area contributed by atoms with Crippen LogP contribution in [-0.2, 0) is 6.42 Å². The molecule has 1 saturated carbocycles. The normalized spacial score (nSPS) is 21.3. The Kier molecular flexibility index (Phi) is 4.56. The van der Waals surface area contributed by atoms with Gasteiger partial charge in [0.05, 0.1) is 6.10 Å². The second kappa shape index (κ2) is 5.83. The van der Waals surface area contributed by atoms with Crippen LogP contribution in [0.1, 0.15) is 31.2 Å². The van der Waals surface area contributed by atoms with Crippen LogP contribution in [0.2, 0.25) is 0 Å². The van der Waals surface area contributed by atoms with Crippen molar-refractivity contribution in [2.75, 3.05) is 0 Å². The Hall–Kier alpha value is -0.550. The van der Waals surface area contributed by atoms with Crippen molar-refractivity contribution in [1.29, 1.82) is 0 Å². The minimum Gasteiger partial charge on any atom is -0.392 e. The number of halogens is 4. The lowest BCUT2D eigenvalue weighted by atomic mass is 9.81. The smallest absolute Gasteiger partial charge is 0.248 e. The van der Waals surface area contributed by atoms with Gasteiger partial charge < -0.3 is 5.11 Å². The predicted molar refractivity (Wildman–Crippen MR) is 70.7 cm³/mol. The van der Waals surface area contributed by atoms with E-state index in [0.717, 1.165) is 0 Å². The number of rotatable bonds is 3. The van der Waals surface area contributed by atoms with E-state index in [0.29, 0.717) is 22.9 Å². The maximum atomic E-state index is 13.6. The molecular weight excluding hydrogens is 321 g/mol. The Morgan fingerprint density at radius 1 is 1.32 bits per heavy atom. The molecule has 0 spiro atoms. The van der Waals surface area contributed by atoms with Gasteiger partial charge in [0.15, 0.2) is 0 Å². The maximum absolute atomic E-state index is 13.6. The number of hydrogen-bond acceptors (Lipinski definition) is 1. The van der Waals surface area contributed by atoms with E-state index in [1.807, 2.05) is 0 Å². The fraction of sp³-hybridized carbons (Fsp3) is 0.571. The minimum absolute atomic E-state index is 0.164. The quantitative estimate of drug-likeness (QED) is 0.871. The molecule has 1 fully saturated rings. The first-order chi connectivity index (χ1) is 8.87. The van der Waals surface area contributed by atoms with E-state index in [9.17, 15) is 18.3 Å². The summed E-state index contributed by atoms with van der Waals surface area (Å²) < 4.78 is 40.3. The highest BCUT2D eigenvalue weighted by Crippen LogP contribution is 2.38. The van der Waals surface area contributed by atoms with Crippen LogP contribution in [0.3, 0.4) is 0 Å². The van der Waals surface area contributed by atoms with Crippen molar-refractivity contribution in [1.82, 2.24) is 0 Å². The van der Waals surface area contributed by atoms with Crippen molar-refractivity contribution in [3.8, 4) is 0 Å². The molecule has 0 heterocycles. The molecule has 5 heteroatoms. The molecule has 0 saturated heterocycles. The molecule has 2 rings (SSSR count). The van der Waals surface area contributed by atoms with Crippen LogP contribution in [0.5, 0.6) is 0 Å².